The van der Waals surface area contributed by atoms with Crippen molar-refractivity contribution in [2.45, 2.75) is 26.3 Å². The Bertz CT molecular complexity index is 202. The van der Waals surface area contributed by atoms with Gasteiger partial charge in [-0.1, -0.05) is 0 Å². The third-order valence-corrected chi connectivity index (χ3v) is 2.06. The average molecular weight is 232 g/mol. The highest BCUT2D eigenvalue weighted by molar-refractivity contribution is 5.78. The Morgan fingerprint density at radius 1 is 1.38 bits per heavy atom. The summed E-state index contributed by atoms with van der Waals surface area (Å²) in [5.74, 6) is -0.0129. The van der Waals surface area contributed by atoms with Crippen molar-refractivity contribution in [3.8, 4) is 0 Å². The maximum atomic E-state index is 11.8. The molecule has 0 aromatic rings. The van der Waals surface area contributed by atoms with Crippen LogP contribution in [0.2, 0.25) is 0 Å². The number of aliphatic hydroxyl groups excluding tert-OH is 1. The molecule has 0 aromatic heterocycles. The van der Waals surface area contributed by atoms with E-state index in [2.05, 4.69) is 5.32 Å². The van der Waals surface area contributed by atoms with Gasteiger partial charge < -0.3 is 20.1 Å². The molecule has 0 aliphatic heterocycles. The van der Waals surface area contributed by atoms with Gasteiger partial charge in [0.15, 0.2) is 0 Å². The van der Waals surface area contributed by atoms with Gasteiger partial charge in [0.2, 0.25) is 5.91 Å². The van der Waals surface area contributed by atoms with Gasteiger partial charge in [-0.2, -0.15) is 0 Å². The Labute approximate surface area is 97.8 Å². The molecule has 16 heavy (non-hydrogen) atoms. The molecule has 1 amide bonds. The van der Waals surface area contributed by atoms with Crippen LogP contribution in [0.4, 0.5) is 0 Å². The number of hydrogen-bond acceptors (Lipinski definition) is 4. The maximum Gasteiger partial charge on any atom is 0.236 e. The van der Waals surface area contributed by atoms with Gasteiger partial charge >= 0.3 is 0 Å². The highest BCUT2D eigenvalue weighted by atomic mass is 16.5. The molecule has 0 atom stereocenters. The number of carbonyl (C=O) groups is 1. The van der Waals surface area contributed by atoms with Crippen LogP contribution < -0.4 is 5.32 Å². The molecule has 0 saturated carbocycles. The number of rotatable bonds is 7. The zero-order valence-corrected chi connectivity index (χ0v) is 10.7. The molecule has 0 radical (unpaired) electrons. The molecule has 0 saturated heterocycles. The molecule has 0 aromatic carbocycles. The fourth-order valence-electron chi connectivity index (χ4n) is 1.14. The van der Waals surface area contributed by atoms with Crippen LogP contribution in [-0.4, -0.2) is 61.4 Å². The molecule has 96 valence electrons. The predicted molar refractivity (Wildman–Crippen MR) is 63.3 cm³/mol. The molecule has 0 rings (SSSR count). The van der Waals surface area contributed by atoms with E-state index in [4.69, 9.17) is 9.84 Å². The first-order chi connectivity index (χ1) is 7.40. The largest absolute Gasteiger partial charge is 0.395 e. The zero-order chi connectivity index (χ0) is 12.6. The second-order valence-corrected chi connectivity index (χ2v) is 4.70. The number of nitrogens with one attached hydrogen (secondary N) is 1. The van der Waals surface area contributed by atoms with Gasteiger partial charge in [0.25, 0.3) is 0 Å². The van der Waals surface area contributed by atoms with E-state index >= 15 is 0 Å². The third-order valence-electron chi connectivity index (χ3n) is 2.06. The van der Waals surface area contributed by atoms with Crippen LogP contribution in [0.5, 0.6) is 0 Å². The summed E-state index contributed by atoms with van der Waals surface area (Å²) in [6, 6.07) is 0. The summed E-state index contributed by atoms with van der Waals surface area (Å²) in [5, 5.41) is 12.0. The predicted octanol–water partition coefficient (Wildman–Crippen LogP) is -0.158. The maximum absolute atomic E-state index is 11.8. The Morgan fingerprint density at radius 3 is 2.44 bits per heavy atom. The van der Waals surface area contributed by atoms with E-state index in [9.17, 15) is 4.79 Å². The number of ether oxygens (including phenoxy) is 1. The summed E-state index contributed by atoms with van der Waals surface area (Å²) in [6.07, 6.45) is 0. The van der Waals surface area contributed by atoms with Crippen LogP contribution in [-0.2, 0) is 9.53 Å². The van der Waals surface area contributed by atoms with Crippen LogP contribution in [0.25, 0.3) is 0 Å². The van der Waals surface area contributed by atoms with Crippen molar-refractivity contribution < 1.29 is 14.6 Å². The van der Waals surface area contributed by atoms with Gasteiger partial charge in [-0.05, 0) is 20.8 Å². The summed E-state index contributed by atoms with van der Waals surface area (Å²) in [5.41, 5.74) is -0.0815. The second-order valence-electron chi connectivity index (χ2n) is 4.70. The fourth-order valence-corrected chi connectivity index (χ4v) is 1.14. The molecule has 2 N–H and O–H groups in total. The first-order valence-corrected chi connectivity index (χ1v) is 5.53. The van der Waals surface area contributed by atoms with Crippen molar-refractivity contribution >= 4 is 5.91 Å². The van der Waals surface area contributed by atoms with Gasteiger partial charge in [-0.3, -0.25) is 4.79 Å². The number of nitrogens with zero attached hydrogens (tertiary/aromatic N) is 1. The lowest BCUT2D eigenvalue weighted by Crippen LogP contribution is -2.46. The van der Waals surface area contributed by atoms with E-state index < -0.39 is 0 Å². The van der Waals surface area contributed by atoms with E-state index in [1.807, 2.05) is 20.8 Å². The minimum atomic E-state index is -0.0815. The van der Waals surface area contributed by atoms with Crippen molar-refractivity contribution in [1.29, 1.82) is 0 Å². The second kappa shape index (κ2) is 7.60. The van der Waals surface area contributed by atoms with E-state index in [1.54, 1.807) is 12.0 Å². The Kier molecular flexibility index (Phi) is 7.29. The molecular formula is C11H24N2O3. The van der Waals surface area contributed by atoms with E-state index in [0.717, 1.165) is 0 Å². The molecule has 0 bridgehead atoms. The molecule has 0 unspecified atom stereocenters. The first kappa shape index (κ1) is 15.3. The van der Waals surface area contributed by atoms with Gasteiger partial charge in [0, 0.05) is 25.7 Å². The van der Waals surface area contributed by atoms with Crippen LogP contribution in [0.3, 0.4) is 0 Å². The van der Waals surface area contributed by atoms with E-state index in [-0.39, 0.29) is 24.6 Å². The molecule has 0 aliphatic rings. The lowest BCUT2D eigenvalue weighted by Gasteiger charge is -2.25. The molecule has 5 heteroatoms. The molecule has 0 spiro atoms. The molecule has 0 aliphatic carbocycles. The van der Waals surface area contributed by atoms with E-state index in [0.29, 0.717) is 19.7 Å². The minimum absolute atomic E-state index is 0.0129. The third kappa shape index (κ3) is 7.62. The van der Waals surface area contributed by atoms with Gasteiger partial charge in [0.1, 0.15) is 0 Å². The summed E-state index contributed by atoms with van der Waals surface area (Å²) in [4.78, 5) is 13.4. The topological polar surface area (TPSA) is 61.8 Å². The van der Waals surface area contributed by atoms with Crippen LogP contribution >= 0.6 is 0 Å². The molecular weight excluding hydrogens is 208 g/mol. The molecule has 0 fully saturated rings. The number of aliphatic hydroxyl groups is 1. The van der Waals surface area contributed by atoms with E-state index in [1.165, 1.54) is 0 Å². The van der Waals surface area contributed by atoms with Crippen molar-refractivity contribution in [3.05, 3.63) is 0 Å². The smallest absolute Gasteiger partial charge is 0.236 e. The normalized spacial score (nSPS) is 11.6. The number of hydrogen-bond donors (Lipinski definition) is 2. The summed E-state index contributed by atoms with van der Waals surface area (Å²) in [7, 11) is 1.59. The fraction of sp³-hybridized carbons (Fsp3) is 0.909. The minimum Gasteiger partial charge on any atom is -0.395 e. The lowest BCUT2D eigenvalue weighted by atomic mass is 10.1. The van der Waals surface area contributed by atoms with Crippen LogP contribution in [0.15, 0.2) is 0 Å². The highest BCUT2D eigenvalue weighted by Gasteiger charge is 2.16. The first-order valence-electron chi connectivity index (χ1n) is 5.53. The van der Waals surface area contributed by atoms with Crippen LogP contribution in [0, 0.1) is 0 Å². The number of carbonyl (C=O) groups excluding carboxylic acids is 1. The number of amides is 1. The van der Waals surface area contributed by atoms with Crippen molar-refractivity contribution in [2.75, 3.05) is 40.0 Å². The highest BCUT2D eigenvalue weighted by Crippen LogP contribution is 1.98. The quantitative estimate of drug-likeness (QED) is 0.640. The zero-order valence-electron chi connectivity index (χ0n) is 10.7. The van der Waals surface area contributed by atoms with Crippen LogP contribution in [0.1, 0.15) is 20.8 Å². The summed E-state index contributed by atoms with van der Waals surface area (Å²) in [6.45, 7) is 7.64. The van der Waals surface area contributed by atoms with Gasteiger partial charge in [-0.15, -0.1) is 0 Å². The average Bonchev–Trinajstić information content (AvgIpc) is 2.19. The Balaban J connectivity index is 4.05. The Morgan fingerprint density at radius 2 is 2.00 bits per heavy atom. The molecule has 5 nitrogen and oxygen atoms in total. The lowest BCUT2D eigenvalue weighted by molar-refractivity contribution is -0.131. The number of methoxy groups -OCH3 is 1. The van der Waals surface area contributed by atoms with Crippen molar-refractivity contribution in [3.63, 3.8) is 0 Å². The van der Waals surface area contributed by atoms with Gasteiger partial charge in [0.05, 0.1) is 19.8 Å². The van der Waals surface area contributed by atoms with Crippen molar-refractivity contribution in [1.82, 2.24) is 10.2 Å². The van der Waals surface area contributed by atoms with Crippen molar-refractivity contribution in [2.24, 2.45) is 0 Å². The summed E-state index contributed by atoms with van der Waals surface area (Å²) < 4.78 is 4.92. The standard InChI is InChI=1S/C11H24N2O3/c1-11(2,3)12-9-10(15)13(5-7-14)6-8-16-4/h12,14H,5-9H2,1-4H3. The monoisotopic (exact) mass is 232 g/mol. The summed E-state index contributed by atoms with van der Waals surface area (Å²) >= 11 is 0. The molecule has 0 heterocycles. The SMILES string of the molecule is COCCN(CCO)C(=O)CNC(C)(C)C. The Hall–Kier alpha value is -0.650. The van der Waals surface area contributed by atoms with Gasteiger partial charge in [-0.25, -0.2) is 0 Å².